The molecule has 1 aliphatic rings. The fraction of sp³-hybridized carbons (Fsp3) is 0.316. The van der Waals surface area contributed by atoms with E-state index in [-0.39, 0.29) is 30.6 Å². The van der Waals surface area contributed by atoms with Crippen molar-refractivity contribution in [3.05, 3.63) is 63.7 Å². The molecule has 2 atom stereocenters. The third kappa shape index (κ3) is 3.94. The molecule has 2 aromatic carbocycles. The monoisotopic (exact) mass is 371 g/mol. The Labute approximate surface area is 156 Å². The minimum atomic E-state index is -0.446. The van der Waals surface area contributed by atoms with Gasteiger partial charge in [-0.1, -0.05) is 18.2 Å². The first-order valence-electron chi connectivity index (χ1n) is 8.54. The number of nitro groups is 1. The first-order valence-corrected chi connectivity index (χ1v) is 8.54. The SMILES string of the molecule is C[C@H](c1cccc([N+](=O)[O-])c1)N(C)C(=O)N[C@H](C)c1ccc2c(c1)OCO2. The van der Waals surface area contributed by atoms with Gasteiger partial charge in [0.1, 0.15) is 0 Å². The second kappa shape index (κ2) is 7.53. The van der Waals surface area contributed by atoms with Crippen molar-refractivity contribution in [2.45, 2.75) is 25.9 Å². The molecule has 0 fully saturated rings. The molecule has 0 saturated heterocycles. The summed E-state index contributed by atoms with van der Waals surface area (Å²) in [4.78, 5) is 24.6. The van der Waals surface area contributed by atoms with Gasteiger partial charge in [-0.25, -0.2) is 4.79 Å². The molecule has 0 saturated carbocycles. The zero-order valence-corrected chi connectivity index (χ0v) is 15.3. The van der Waals surface area contributed by atoms with Crippen LogP contribution in [-0.2, 0) is 0 Å². The Hall–Kier alpha value is -3.29. The highest BCUT2D eigenvalue weighted by molar-refractivity contribution is 5.75. The third-order valence-electron chi connectivity index (χ3n) is 4.70. The average Bonchev–Trinajstić information content (AvgIpc) is 3.14. The van der Waals surface area contributed by atoms with Crippen LogP contribution in [0, 0.1) is 10.1 Å². The van der Waals surface area contributed by atoms with Crippen LogP contribution in [0.1, 0.15) is 37.1 Å². The molecular formula is C19H21N3O5. The van der Waals surface area contributed by atoms with Crippen LogP contribution in [0.3, 0.4) is 0 Å². The van der Waals surface area contributed by atoms with Crippen LogP contribution >= 0.6 is 0 Å². The molecule has 0 unspecified atom stereocenters. The van der Waals surface area contributed by atoms with Crippen molar-refractivity contribution in [1.29, 1.82) is 0 Å². The van der Waals surface area contributed by atoms with E-state index in [0.29, 0.717) is 17.1 Å². The topological polar surface area (TPSA) is 93.9 Å². The molecule has 0 spiro atoms. The van der Waals surface area contributed by atoms with Crippen LogP contribution in [0.25, 0.3) is 0 Å². The fourth-order valence-corrected chi connectivity index (χ4v) is 2.85. The number of nitro benzene ring substituents is 1. The minimum Gasteiger partial charge on any atom is -0.454 e. The van der Waals surface area contributed by atoms with Crippen molar-refractivity contribution in [3.8, 4) is 11.5 Å². The molecule has 8 nitrogen and oxygen atoms in total. The normalized spacial score (nSPS) is 14.3. The Balaban J connectivity index is 1.68. The smallest absolute Gasteiger partial charge is 0.318 e. The number of nitrogens with zero attached hydrogens (tertiary/aromatic N) is 2. The standard InChI is InChI=1S/C19H21N3O5/c1-12(14-7-8-17-18(10-14)27-11-26-17)20-19(23)21(3)13(2)15-5-4-6-16(9-15)22(24)25/h4-10,12-13H,11H2,1-3H3,(H,20,23)/t12-,13-/m1/s1. The van der Waals surface area contributed by atoms with Crippen molar-refractivity contribution in [2.24, 2.45) is 0 Å². The second-order valence-corrected chi connectivity index (χ2v) is 6.42. The Bertz CT molecular complexity index is 870. The third-order valence-corrected chi connectivity index (χ3v) is 4.70. The zero-order valence-electron chi connectivity index (χ0n) is 15.3. The Morgan fingerprint density at radius 2 is 1.89 bits per heavy atom. The highest BCUT2D eigenvalue weighted by atomic mass is 16.7. The summed E-state index contributed by atoms with van der Waals surface area (Å²) in [5.74, 6) is 1.35. The number of nitrogens with one attached hydrogen (secondary N) is 1. The largest absolute Gasteiger partial charge is 0.454 e. The van der Waals surface area contributed by atoms with E-state index >= 15 is 0 Å². The Morgan fingerprint density at radius 3 is 2.63 bits per heavy atom. The molecule has 2 aromatic rings. The van der Waals surface area contributed by atoms with Gasteiger partial charge in [0.25, 0.3) is 5.69 Å². The Kier molecular flexibility index (Phi) is 5.16. The van der Waals surface area contributed by atoms with Gasteiger partial charge in [0, 0.05) is 19.2 Å². The lowest BCUT2D eigenvalue weighted by atomic mass is 10.1. The lowest BCUT2D eigenvalue weighted by molar-refractivity contribution is -0.384. The number of carbonyl (C=O) groups excluding carboxylic acids is 1. The molecule has 8 heteroatoms. The van der Waals surface area contributed by atoms with Gasteiger partial charge >= 0.3 is 6.03 Å². The van der Waals surface area contributed by atoms with Crippen LogP contribution in [0.2, 0.25) is 0 Å². The van der Waals surface area contributed by atoms with Gasteiger partial charge in [-0.05, 0) is 37.1 Å². The van der Waals surface area contributed by atoms with E-state index in [2.05, 4.69) is 5.32 Å². The summed E-state index contributed by atoms with van der Waals surface area (Å²) in [6.45, 7) is 3.90. The van der Waals surface area contributed by atoms with Crippen LogP contribution in [0.4, 0.5) is 10.5 Å². The summed E-state index contributed by atoms with van der Waals surface area (Å²) in [5.41, 5.74) is 1.59. The van der Waals surface area contributed by atoms with E-state index in [1.54, 1.807) is 19.2 Å². The number of non-ortho nitro benzene ring substituents is 1. The van der Waals surface area contributed by atoms with Gasteiger partial charge in [-0.3, -0.25) is 10.1 Å². The lowest BCUT2D eigenvalue weighted by Crippen LogP contribution is -2.39. The van der Waals surface area contributed by atoms with Crippen molar-refractivity contribution >= 4 is 11.7 Å². The number of ether oxygens (including phenoxy) is 2. The number of hydrogen-bond acceptors (Lipinski definition) is 5. The first kappa shape index (κ1) is 18.5. The molecule has 1 heterocycles. The van der Waals surface area contributed by atoms with E-state index in [4.69, 9.17) is 9.47 Å². The summed E-state index contributed by atoms with van der Waals surface area (Å²) in [6.07, 6.45) is 0. The number of urea groups is 1. The summed E-state index contributed by atoms with van der Waals surface area (Å²) < 4.78 is 10.7. The maximum Gasteiger partial charge on any atom is 0.318 e. The van der Waals surface area contributed by atoms with Gasteiger partial charge in [-0.2, -0.15) is 0 Å². The summed E-state index contributed by atoms with van der Waals surface area (Å²) >= 11 is 0. The van der Waals surface area contributed by atoms with Crippen LogP contribution in [0.15, 0.2) is 42.5 Å². The number of carbonyl (C=O) groups is 1. The summed E-state index contributed by atoms with van der Waals surface area (Å²) in [6, 6.07) is 11.0. The van der Waals surface area contributed by atoms with Gasteiger partial charge in [0.15, 0.2) is 11.5 Å². The van der Waals surface area contributed by atoms with Crippen LogP contribution < -0.4 is 14.8 Å². The number of benzene rings is 2. The van der Waals surface area contributed by atoms with E-state index in [1.165, 1.54) is 17.0 Å². The predicted molar refractivity (Wildman–Crippen MR) is 98.8 cm³/mol. The highest BCUT2D eigenvalue weighted by Gasteiger charge is 2.22. The van der Waals surface area contributed by atoms with Crippen molar-refractivity contribution < 1.29 is 19.2 Å². The van der Waals surface area contributed by atoms with E-state index < -0.39 is 4.92 Å². The van der Waals surface area contributed by atoms with Gasteiger partial charge < -0.3 is 19.7 Å². The summed E-state index contributed by atoms with van der Waals surface area (Å²) in [5, 5.41) is 13.9. The quantitative estimate of drug-likeness (QED) is 0.637. The lowest BCUT2D eigenvalue weighted by Gasteiger charge is -2.27. The molecule has 1 N–H and O–H groups in total. The van der Waals surface area contributed by atoms with Crippen molar-refractivity contribution in [2.75, 3.05) is 13.8 Å². The minimum absolute atomic E-state index is 0.00175. The molecule has 142 valence electrons. The fourth-order valence-electron chi connectivity index (χ4n) is 2.85. The Morgan fingerprint density at radius 1 is 1.15 bits per heavy atom. The number of rotatable bonds is 5. The van der Waals surface area contributed by atoms with Crippen LogP contribution in [-0.4, -0.2) is 29.7 Å². The van der Waals surface area contributed by atoms with Gasteiger partial charge in [-0.15, -0.1) is 0 Å². The molecule has 0 aliphatic carbocycles. The zero-order chi connectivity index (χ0) is 19.6. The second-order valence-electron chi connectivity index (χ2n) is 6.42. The number of fused-ring (bicyclic) bond motifs is 1. The maximum absolute atomic E-state index is 12.6. The molecular weight excluding hydrogens is 350 g/mol. The highest BCUT2D eigenvalue weighted by Crippen LogP contribution is 2.34. The molecule has 27 heavy (non-hydrogen) atoms. The number of hydrogen-bond donors (Lipinski definition) is 1. The van der Waals surface area contributed by atoms with Crippen molar-refractivity contribution in [3.63, 3.8) is 0 Å². The number of amides is 2. The van der Waals surface area contributed by atoms with E-state index in [9.17, 15) is 14.9 Å². The van der Waals surface area contributed by atoms with Crippen LogP contribution in [0.5, 0.6) is 11.5 Å². The van der Waals surface area contributed by atoms with Gasteiger partial charge in [0.2, 0.25) is 6.79 Å². The molecule has 3 rings (SSSR count). The van der Waals surface area contributed by atoms with Gasteiger partial charge in [0.05, 0.1) is 17.0 Å². The molecule has 0 radical (unpaired) electrons. The molecule has 0 aromatic heterocycles. The maximum atomic E-state index is 12.6. The first-order chi connectivity index (χ1) is 12.9. The molecule has 0 bridgehead atoms. The predicted octanol–water partition coefficient (Wildman–Crippen LogP) is 3.79. The van der Waals surface area contributed by atoms with E-state index in [0.717, 1.165) is 5.56 Å². The molecule has 1 aliphatic heterocycles. The molecule has 2 amide bonds. The van der Waals surface area contributed by atoms with E-state index in [1.807, 2.05) is 32.0 Å². The average molecular weight is 371 g/mol. The van der Waals surface area contributed by atoms with Crippen molar-refractivity contribution in [1.82, 2.24) is 10.2 Å². The summed E-state index contributed by atoms with van der Waals surface area (Å²) in [7, 11) is 1.66.